The van der Waals surface area contributed by atoms with Gasteiger partial charge in [0.05, 0.1) is 17.4 Å². The molecular formula is C14H13FN2O3. The fourth-order valence-corrected chi connectivity index (χ4v) is 1.49. The highest BCUT2D eigenvalue weighted by Gasteiger charge is 2.17. The van der Waals surface area contributed by atoms with Crippen molar-refractivity contribution >= 4 is 17.3 Å². The summed E-state index contributed by atoms with van der Waals surface area (Å²) >= 11 is 0. The van der Waals surface area contributed by atoms with Gasteiger partial charge in [-0.05, 0) is 17.7 Å². The van der Waals surface area contributed by atoms with E-state index < -0.39 is 22.3 Å². The first kappa shape index (κ1) is 15.3. The maximum atomic E-state index is 13.0. The number of hydrogen-bond donors (Lipinski definition) is 1. The van der Waals surface area contributed by atoms with Crippen LogP contribution in [-0.4, -0.2) is 10.8 Å². The molecule has 0 atom stereocenters. The zero-order chi connectivity index (χ0) is 15.1. The normalized spacial score (nSPS) is 10.8. The molecule has 5 nitrogen and oxygen atoms in total. The molecule has 0 radical (unpaired) electrons. The monoisotopic (exact) mass is 276 g/mol. The van der Waals surface area contributed by atoms with Crippen LogP contribution >= 0.6 is 0 Å². The van der Waals surface area contributed by atoms with Crippen LogP contribution in [0.25, 0.3) is 0 Å². The molecule has 20 heavy (non-hydrogen) atoms. The van der Waals surface area contributed by atoms with E-state index in [-0.39, 0.29) is 12.1 Å². The molecule has 1 N–H and O–H groups in total. The predicted octanol–water partition coefficient (Wildman–Crippen LogP) is 3.36. The molecule has 0 saturated heterocycles. The molecule has 0 unspecified atom stereocenters. The van der Waals surface area contributed by atoms with Crippen LogP contribution in [0.3, 0.4) is 0 Å². The molecular weight excluding hydrogens is 263 g/mol. The van der Waals surface area contributed by atoms with Gasteiger partial charge in [-0.2, -0.15) is 0 Å². The number of hydrogen-bond acceptors (Lipinski definition) is 3. The number of anilines is 1. The Morgan fingerprint density at radius 2 is 2.15 bits per heavy atom. The standard InChI is InChI=1S/C14H13FN2O3/c1-3-5-10(4-2)8-14(18)16-12-7-6-11(15)9-13(12)17(19)20/h3-7,9H,1-2,8H2,(H,16,18)/b10-5+. The number of nitro groups is 1. The zero-order valence-corrected chi connectivity index (χ0v) is 10.6. The van der Waals surface area contributed by atoms with Crippen LogP contribution in [0.5, 0.6) is 0 Å². The summed E-state index contributed by atoms with van der Waals surface area (Å²) in [6.07, 6.45) is 4.58. The van der Waals surface area contributed by atoms with E-state index in [1.165, 1.54) is 12.2 Å². The Kier molecular flexibility index (Phi) is 5.34. The Hall–Kier alpha value is -2.76. The van der Waals surface area contributed by atoms with Gasteiger partial charge in [0.25, 0.3) is 5.69 Å². The average Bonchev–Trinajstić information content (AvgIpc) is 2.40. The first-order valence-corrected chi connectivity index (χ1v) is 5.65. The highest BCUT2D eigenvalue weighted by molar-refractivity contribution is 5.94. The van der Waals surface area contributed by atoms with Crippen LogP contribution < -0.4 is 5.32 Å². The number of allylic oxidation sites excluding steroid dienone is 3. The van der Waals surface area contributed by atoms with Crippen LogP contribution in [0.2, 0.25) is 0 Å². The van der Waals surface area contributed by atoms with Gasteiger partial charge in [-0.15, -0.1) is 0 Å². The number of halogens is 1. The van der Waals surface area contributed by atoms with Crippen LogP contribution in [0, 0.1) is 15.9 Å². The molecule has 0 aliphatic carbocycles. The largest absolute Gasteiger partial charge is 0.320 e. The molecule has 0 saturated carbocycles. The molecule has 0 spiro atoms. The molecule has 0 aliphatic rings. The summed E-state index contributed by atoms with van der Waals surface area (Å²) in [6, 6.07) is 2.94. The van der Waals surface area contributed by atoms with Gasteiger partial charge in [0.2, 0.25) is 5.91 Å². The van der Waals surface area contributed by atoms with Gasteiger partial charge in [-0.3, -0.25) is 14.9 Å². The van der Waals surface area contributed by atoms with Gasteiger partial charge in [0.15, 0.2) is 0 Å². The van der Waals surface area contributed by atoms with E-state index in [4.69, 9.17) is 0 Å². The minimum atomic E-state index is -0.757. The van der Waals surface area contributed by atoms with Gasteiger partial charge < -0.3 is 5.32 Å². The van der Waals surface area contributed by atoms with E-state index >= 15 is 0 Å². The third kappa shape index (κ3) is 4.16. The first-order chi connectivity index (χ1) is 9.47. The number of carbonyl (C=O) groups is 1. The van der Waals surface area contributed by atoms with Crippen molar-refractivity contribution < 1.29 is 14.1 Å². The van der Waals surface area contributed by atoms with E-state index in [9.17, 15) is 19.3 Å². The van der Waals surface area contributed by atoms with Crippen molar-refractivity contribution in [2.45, 2.75) is 6.42 Å². The fraction of sp³-hybridized carbons (Fsp3) is 0.0714. The lowest BCUT2D eigenvalue weighted by Crippen LogP contribution is -2.13. The molecule has 0 aromatic heterocycles. The SMILES string of the molecule is C=C/C=C(\C=C)CC(=O)Nc1ccc(F)cc1[N+](=O)[O-]. The van der Waals surface area contributed by atoms with Gasteiger partial charge >= 0.3 is 0 Å². The molecule has 0 bridgehead atoms. The molecule has 1 aromatic carbocycles. The summed E-state index contributed by atoms with van der Waals surface area (Å²) in [4.78, 5) is 21.8. The smallest absolute Gasteiger partial charge is 0.295 e. The molecule has 1 aromatic rings. The number of nitrogens with zero attached hydrogens (tertiary/aromatic N) is 1. The van der Waals surface area contributed by atoms with E-state index in [0.29, 0.717) is 5.57 Å². The van der Waals surface area contributed by atoms with Crippen molar-refractivity contribution in [3.63, 3.8) is 0 Å². The van der Waals surface area contributed by atoms with E-state index in [2.05, 4.69) is 18.5 Å². The van der Waals surface area contributed by atoms with Crippen molar-refractivity contribution in [3.05, 3.63) is 71.1 Å². The summed E-state index contributed by atoms with van der Waals surface area (Å²) in [5, 5.41) is 13.2. The van der Waals surface area contributed by atoms with Crippen LogP contribution in [-0.2, 0) is 4.79 Å². The lowest BCUT2D eigenvalue weighted by molar-refractivity contribution is -0.384. The van der Waals surface area contributed by atoms with Gasteiger partial charge in [0, 0.05) is 0 Å². The third-order valence-electron chi connectivity index (χ3n) is 2.39. The van der Waals surface area contributed by atoms with Crippen molar-refractivity contribution in [1.29, 1.82) is 0 Å². The number of benzene rings is 1. The second-order valence-electron chi connectivity index (χ2n) is 3.82. The topological polar surface area (TPSA) is 72.2 Å². The van der Waals surface area contributed by atoms with Gasteiger partial charge in [-0.1, -0.05) is 31.4 Å². The van der Waals surface area contributed by atoms with Crippen molar-refractivity contribution in [3.8, 4) is 0 Å². The molecule has 0 aliphatic heterocycles. The molecule has 0 heterocycles. The summed E-state index contributed by atoms with van der Waals surface area (Å²) in [6.45, 7) is 7.04. The third-order valence-corrected chi connectivity index (χ3v) is 2.39. The maximum absolute atomic E-state index is 13.0. The second kappa shape index (κ2) is 6.98. The number of nitro benzene ring substituents is 1. The second-order valence-corrected chi connectivity index (χ2v) is 3.82. The Labute approximate surface area is 115 Å². The van der Waals surface area contributed by atoms with Crippen molar-refractivity contribution in [2.24, 2.45) is 0 Å². The summed E-state index contributed by atoms with van der Waals surface area (Å²) < 4.78 is 13.0. The predicted molar refractivity (Wildman–Crippen MR) is 74.8 cm³/mol. The quantitative estimate of drug-likeness (QED) is 0.492. The average molecular weight is 276 g/mol. The van der Waals surface area contributed by atoms with Crippen molar-refractivity contribution in [1.82, 2.24) is 0 Å². The minimum Gasteiger partial charge on any atom is -0.320 e. The van der Waals surface area contributed by atoms with Crippen molar-refractivity contribution in [2.75, 3.05) is 5.32 Å². The van der Waals surface area contributed by atoms with Crippen LogP contribution in [0.4, 0.5) is 15.8 Å². The van der Waals surface area contributed by atoms with Crippen LogP contribution in [0.1, 0.15) is 6.42 Å². The first-order valence-electron chi connectivity index (χ1n) is 5.65. The summed E-state index contributed by atoms with van der Waals surface area (Å²) in [7, 11) is 0. The number of amides is 1. The Balaban J connectivity index is 2.91. The zero-order valence-electron chi connectivity index (χ0n) is 10.6. The lowest BCUT2D eigenvalue weighted by atomic mass is 10.1. The highest BCUT2D eigenvalue weighted by atomic mass is 19.1. The summed E-state index contributed by atoms with van der Waals surface area (Å²) in [5.74, 6) is -1.21. The Morgan fingerprint density at radius 3 is 2.70 bits per heavy atom. The Morgan fingerprint density at radius 1 is 1.45 bits per heavy atom. The number of rotatable bonds is 6. The summed E-state index contributed by atoms with van der Waals surface area (Å²) in [5.41, 5.74) is 0.0666. The molecule has 0 fully saturated rings. The fourth-order valence-electron chi connectivity index (χ4n) is 1.49. The highest BCUT2D eigenvalue weighted by Crippen LogP contribution is 2.25. The minimum absolute atomic E-state index is 0.00987. The maximum Gasteiger partial charge on any atom is 0.295 e. The molecule has 6 heteroatoms. The lowest BCUT2D eigenvalue weighted by Gasteiger charge is -2.06. The number of carbonyl (C=O) groups excluding carboxylic acids is 1. The molecule has 104 valence electrons. The van der Waals surface area contributed by atoms with E-state index in [1.54, 1.807) is 6.08 Å². The Bertz CT molecular complexity index is 594. The molecule has 1 amide bonds. The van der Waals surface area contributed by atoms with E-state index in [0.717, 1.165) is 18.2 Å². The van der Waals surface area contributed by atoms with Gasteiger partial charge in [-0.25, -0.2) is 4.39 Å². The van der Waals surface area contributed by atoms with Gasteiger partial charge in [0.1, 0.15) is 11.5 Å². The number of nitrogens with one attached hydrogen (secondary N) is 1. The van der Waals surface area contributed by atoms with E-state index in [1.807, 2.05) is 0 Å². The molecule has 1 rings (SSSR count). The van der Waals surface area contributed by atoms with Crippen LogP contribution in [0.15, 0.2) is 55.2 Å².